The molecule has 0 aromatic carbocycles. The number of ether oxygens (including phenoxy) is 1. The lowest BCUT2D eigenvalue weighted by molar-refractivity contribution is -0.139. The van der Waals surface area contributed by atoms with Gasteiger partial charge in [-0.05, 0) is 6.92 Å². The van der Waals surface area contributed by atoms with Crippen LogP contribution in [0.5, 0.6) is 0 Å². The maximum atomic E-state index is 10.7. The van der Waals surface area contributed by atoms with E-state index in [0.717, 1.165) is 0 Å². The topological polar surface area (TPSA) is 96.8 Å². The highest BCUT2D eigenvalue weighted by Crippen LogP contribution is 1.87. The van der Waals surface area contributed by atoms with Crippen molar-refractivity contribution in [3.8, 4) is 0 Å². The molecule has 0 rings (SSSR count). The molecular formula is C5H8N2O4S. The third kappa shape index (κ3) is 4.59. The van der Waals surface area contributed by atoms with Gasteiger partial charge in [-0.25, -0.2) is 8.42 Å². The van der Waals surface area contributed by atoms with E-state index in [0.29, 0.717) is 5.55 Å². The van der Waals surface area contributed by atoms with Gasteiger partial charge in [0.05, 0.1) is 6.61 Å². The van der Waals surface area contributed by atoms with Crippen LogP contribution in [0.1, 0.15) is 6.92 Å². The summed E-state index contributed by atoms with van der Waals surface area (Å²) in [6.45, 7) is 1.68. The van der Waals surface area contributed by atoms with Crippen molar-refractivity contribution >= 4 is 21.4 Å². The second-order valence-corrected chi connectivity index (χ2v) is 3.66. The monoisotopic (exact) mass is 192 g/mol. The highest BCUT2D eigenvalue weighted by atomic mass is 32.2. The molecule has 0 bridgehead atoms. The van der Waals surface area contributed by atoms with Crippen molar-refractivity contribution in [1.29, 1.82) is 0 Å². The molecule has 0 spiro atoms. The minimum absolute atomic E-state index is 0.116. The average Bonchev–Trinajstić information content (AvgIpc) is 1.85. The Kier molecular flexibility index (Phi) is 4.17. The number of rotatable bonds is 4. The van der Waals surface area contributed by atoms with Crippen molar-refractivity contribution in [2.75, 3.05) is 12.4 Å². The van der Waals surface area contributed by atoms with Crippen LogP contribution in [0.2, 0.25) is 0 Å². The molecule has 0 fully saturated rings. The average molecular weight is 192 g/mol. The molecule has 0 aliphatic carbocycles. The normalized spacial score (nSPS) is 10.1. The zero-order valence-corrected chi connectivity index (χ0v) is 7.24. The van der Waals surface area contributed by atoms with Gasteiger partial charge in [0.1, 0.15) is 0 Å². The predicted molar refractivity (Wildman–Crippen MR) is 40.1 cm³/mol. The Balaban J connectivity index is 4.26. The Bertz CT molecular complexity index is 301. The Labute approximate surface area is 69.7 Å². The molecule has 0 radical (unpaired) electrons. The van der Waals surface area contributed by atoms with Crippen LogP contribution in [0.3, 0.4) is 0 Å². The van der Waals surface area contributed by atoms with Crippen LogP contribution >= 0.6 is 0 Å². The van der Waals surface area contributed by atoms with Crippen LogP contribution in [-0.2, 0) is 19.4 Å². The number of hydrogen-bond acceptors (Lipinski definition) is 4. The summed E-state index contributed by atoms with van der Waals surface area (Å²) in [4.78, 5) is 12.9. The summed E-state index contributed by atoms with van der Waals surface area (Å²) in [7, 11) is -3.77. The Hall–Kier alpha value is -1.20. The van der Waals surface area contributed by atoms with Crippen LogP contribution in [-0.4, -0.2) is 37.1 Å². The van der Waals surface area contributed by atoms with Crippen molar-refractivity contribution in [2.45, 2.75) is 6.92 Å². The zero-order chi connectivity index (χ0) is 9.61. The number of hydrogen-bond donors (Lipinski definition) is 0. The fraction of sp³-hybridized carbons (Fsp3) is 0.600. The summed E-state index contributed by atoms with van der Waals surface area (Å²) < 4.78 is 25.8. The van der Waals surface area contributed by atoms with Crippen molar-refractivity contribution in [3.05, 3.63) is 5.53 Å². The van der Waals surface area contributed by atoms with Crippen LogP contribution in [0.15, 0.2) is 0 Å². The van der Waals surface area contributed by atoms with Gasteiger partial charge in [-0.2, -0.15) is 4.79 Å². The highest BCUT2D eigenvalue weighted by molar-refractivity contribution is 8.04. The lowest BCUT2D eigenvalue weighted by Crippen LogP contribution is -2.19. The van der Waals surface area contributed by atoms with Gasteiger partial charge in [0.15, 0.2) is 5.75 Å². The molecule has 0 aliphatic rings. The number of carbonyl (C=O) groups excluding carboxylic acids is 1. The maximum absolute atomic E-state index is 10.7. The van der Waals surface area contributed by atoms with E-state index in [9.17, 15) is 13.2 Å². The van der Waals surface area contributed by atoms with Crippen LogP contribution in [0.4, 0.5) is 0 Å². The SMILES string of the molecule is CCOC(=O)CS(=O)(=O)C=[N+]=[N-]. The van der Waals surface area contributed by atoms with E-state index in [1.807, 2.05) is 0 Å². The van der Waals surface area contributed by atoms with E-state index in [-0.39, 0.29) is 6.61 Å². The van der Waals surface area contributed by atoms with Crippen molar-refractivity contribution in [3.63, 3.8) is 0 Å². The second kappa shape index (κ2) is 4.63. The van der Waals surface area contributed by atoms with Crippen LogP contribution in [0, 0.1) is 0 Å². The molecule has 0 aromatic heterocycles. The van der Waals surface area contributed by atoms with Gasteiger partial charge >= 0.3 is 11.5 Å². The maximum Gasteiger partial charge on any atom is 0.370 e. The van der Waals surface area contributed by atoms with Crippen LogP contribution in [0.25, 0.3) is 5.53 Å². The molecule has 0 saturated heterocycles. The van der Waals surface area contributed by atoms with Crippen molar-refractivity contribution < 1.29 is 22.7 Å². The Morgan fingerprint density at radius 3 is 2.67 bits per heavy atom. The summed E-state index contributed by atoms with van der Waals surface area (Å²) in [6, 6.07) is 0. The number of esters is 1. The molecule has 6 nitrogen and oxygen atoms in total. The predicted octanol–water partition coefficient (Wildman–Crippen LogP) is -0.778. The summed E-state index contributed by atoms with van der Waals surface area (Å²) in [5.41, 5.74) is 8.18. The summed E-state index contributed by atoms with van der Waals surface area (Å²) in [5, 5.41) is 0. The molecule has 7 heteroatoms. The number of nitrogens with zero attached hydrogens (tertiary/aromatic N) is 2. The van der Waals surface area contributed by atoms with E-state index in [4.69, 9.17) is 5.53 Å². The fourth-order valence-electron chi connectivity index (χ4n) is 0.476. The first-order valence-electron chi connectivity index (χ1n) is 3.07. The zero-order valence-electron chi connectivity index (χ0n) is 6.43. The Morgan fingerprint density at radius 1 is 1.67 bits per heavy atom. The summed E-state index contributed by atoms with van der Waals surface area (Å²) in [5.74, 6) is -1.66. The highest BCUT2D eigenvalue weighted by Gasteiger charge is 2.18. The lowest BCUT2D eigenvalue weighted by Gasteiger charge is -1.96. The van der Waals surface area contributed by atoms with E-state index in [1.165, 1.54) is 0 Å². The molecule has 0 N–H and O–H groups in total. The third-order valence-electron chi connectivity index (χ3n) is 0.832. The van der Waals surface area contributed by atoms with Crippen molar-refractivity contribution in [2.24, 2.45) is 0 Å². The molecule has 0 amide bonds. The van der Waals surface area contributed by atoms with Crippen LogP contribution < -0.4 is 0 Å². The van der Waals surface area contributed by atoms with Gasteiger partial charge in [-0.15, -0.1) is 0 Å². The third-order valence-corrected chi connectivity index (χ3v) is 1.89. The number of sulfone groups is 1. The molecule has 12 heavy (non-hydrogen) atoms. The Morgan fingerprint density at radius 2 is 2.25 bits per heavy atom. The van der Waals surface area contributed by atoms with Gasteiger partial charge in [0.2, 0.25) is 0 Å². The standard InChI is InChI=1S/C5H8N2O4S/c1-2-11-5(8)3-12(9,10)4-7-6/h4H,2-3H2,1H3. The smallest absolute Gasteiger partial charge is 0.370 e. The van der Waals surface area contributed by atoms with Gasteiger partial charge in [0, 0.05) is 0 Å². The van der Waals surface area contributed by atoms with Gasteiger partial charge in [-0.3, -0.25) is 4.79 Å². The van der Waals surface area contributed by atoms with E-state index in [2.05, 4.69) is 9.53 Å². The van der Waals surface area contributed by atoms with Gasteiger partial charge in [0.25, 0.3) is 9.84 Å². The van der Waals surface area contributed by atoms with E-state index in [1.54, 1.807) is 6.92 Å². The molecule has 0 aliphatic heterocycles. The quantitative estimate of drug-likeness (QED) is 0.192. The lowest BCUT2D eigenvalue weighted by atomic mass is 10.8. The fourth-order valence-corrected chi connectivity index (χ4v) is 1.11. The first-order chi connectivity index (χ1) is 5.52. The molecule has 68 valence electrons. The molecule has 0 unspecified atom stereocenters. The largest absolute Gasteiger partial charge is 0.465 e. The van der Waals surface area contributed by atoms with E-state index >= 15 is 0 Å². The first-order valence-corrected chi connectivity index (χ1v) is 4.79. The second-order valence-electron chi connectivity index (χ2n) is 1.83. The minimum atomic E-state index is -3.77. The number of carbonyl (C=O) groups is 1. The van der Waals surface area contributed by atoms with Gasteiger partial charge < -0.3 is 10.3 Å². The molecule has 0 saturated carbocycles. The summed E-state index contributed by atoms with van der Waals surface area (Å²) >= 11 is 0. The molecular weight excluding hydrogens is 184 g/mol. The first kappa shape index (κ1) is 10.8. The van der Waals surface area contributed by atoms with Crippen molar-refractivity contribution in [1.82, 2.24) is 0 Å². The van der Waals surface area contributed by atoms with E-state index < -0.39 is 21.6 Å². The minimum Gasteiger partial charge on any atom is -0.465 e. The molecule has 0 heterocycles. The summed E-state index contributed by atoms with van der Waals surface area (Å²) in [6.07, 6.45) is 0. The van der Waals surface area contributed by atoms with Gasteiger partial charge in [-0.1, -0.05) is 0 Å². The molecule has 0 aromatic rings. The molecule has 0 atom stereocenters.